The maximum absolute atomic E-state index is 12.2. The lowest BCUT2D eigenvalue weighted by Crippen LogP contribution is -2.47. The first-order valence-electron chi connectivity index (χ1n) is 9.67. The summed E-state index contributed by atoms with van der Waals surface area (Å²) in [4.78, 5) is 31.8. The summed E-state index contributed by atoms with van der Waals surface area (Å²) in [5.41, 5.74) is 4.74. The zero-order valence-corrected chi connectivity index (χ0v) is 17.0. The second-order valence-corrected chi connectivity index (χ2v) is 8.20. The fraction of sp³-hybridized carbons (Fsp3) is 0.737. The van der Waals surface area contributed by atoms with Crippen molar-refractivity contribution in [3.63, 3.8) is 0 Å². The van der Waals surface area contributed by atoms with E-state index in [1.54, 1.807) is 21.7 Å². The molecular formula is C19H33N5O3. The van der Waals surface area contributed by atoms with Crippen LogP contribution >= 0.6 is 0 Å². The van der Waals surface area contributed by atoms with E-state index in [-0.39, 0.29) is 23.6 Å². The fourth-order valence-electron chi connectivity index (χ4n) is 3.24. The number of likely N-dealkylation sites (tertiary alicyclic amines) is 1. The molecule has 2 rings (SSSR count). The molecule has 1 aliphatic heterocycles. The molecule has 8 nitrogen and oxygen atoms in total. The lowest BCUT2D eigenvalue weighted by Gasteiger charge is -2.37. The van der Waals surface area contributed by atoms with E-state index in [1.807, 2.05) is 27.8 Å². The molecule has 2 heterocycles. The van der Waals surface area contributed by atoms with Gasteiger partial charge < -0.3 is 20.3 Å². The maximum Gasteiger partial charge on any atom is 0.410 e. The van der Waals surface area contributed by atoms with Gasteiger partial charge >= 0.3 is 11.8 Å². The number of carbonyl (C=O) groups is 1. The lowest BCUT2D eigenvalue weighted by molar-refractivity contribution is 0.0152. The standard InChI is InChI=1S/C19H33N5O3/c1-19(2,3)27-18(26)22(4)15-7-12-23(13-8-15)10-5-6-11-24-14-9-16(20)21-17(24)25/h9,14-15H,5-8,10-13H2,1-4H3,(H2,20,21,25). The van der Waals surface area contributed by atoms with E-state index < -0.39 is 5.60 Å². The van der Waals surface area contributed by atoms with Crippen LogP contribution in [0.15, 0.2) is 17.1 Å². The van der Waals surface area contributed by atoms with Gasteiger partial charge in [0.15, 0.2) is 0 Å². The van der Waals surface area contributed by atoms with Crippen molar-refractivity contribution in [2.24, 2.45) is 0 Å². The van der Waals surface area contributed by atoms with Crippen molar-refractivity contribution in [1.82, 2.24) is 19.4 Å². The third-order valence-electron chi connectivity index (χ3n) is 4.81. The van der Waals surface area contributed by atoms with Crippen LogP contribution in [0.5, 0.6) is 0 Å². The maximum atomic E-state index is 12.2. The Bertz CT molecular complexity index is 675. The molecule has 1 fully saturated rings. The number of hydrogen-bond acceptors (Lipinski definition) is 6. The molecular weight excluding hydrogens is 346 g/mol. The third kappa shape index (κ3) is 6.86. The van der Waals surface area contributed by atoms with Gasteiger partial charge in [-0.3, -0.25) is 4.57 Å². The van der Waals surface area contributed by atoms with E-state index in [1.165, 1.54) is 0 Å². The lowest BCUT2D eigenvalue weighted by atomic mass is 10.0. The molecule has 27 heavy (non-hydrogen) atoms. The normalized spacial score (nSPS) is 16.3. The van der Waals surface area contributed by atoms with Crippen LogP contribution in [0, 0.1) is 0 Å². The Morgan fingerprint density at radius 2 is 1.93 bits per heavy atom. The molecule has 0 saturated carbocycles. The minimum Gasteiger partial charge on any atom is -0.444 e. The predicted molar refractivity (Wildman–Crippen MR) is 106 cm³/mol. The number of carbonyl (C=O) groups excluding carboxylic acids is 1. The molecule has 2 N–H and O–H groups in total. The van der Waals surface area contributed by atoms with Crippen LogP contribution in [-0.2, 0) is 11.3 Å². The number of hydrogen-bond donors (Lipinski definition) is 1. The fourth-order valence-corrected chi connectivity index (χ4v) is 3.24. The second-order valence-electron chi connectivity index (χ2n) is 8.20. The summed E-state index contributed by atoms with van der Waals surface area (Å²) in [7, 11) is 1.83. The van der Waals surface area contributed by atoms with Gasteiger partial charge in [-0.15, -0.1) is 0 Å². The number of amides is 1. The number of aromatic nitrogens is 2. The Morgan fingerprint density at radius 3 is 2.52 bits per heavy atom. The second kappa shape index (κ2) is 9.21. The zero-order chi connectivity index (χ0) is 20.0. The number of unbranched alkanes of at least 4 members (excludes halogenated alkanes) is 1. The van der Waals surface area contributed by atoms with Crippen molar-refractivity contribution in [2.75, 3.05) is 32.4 Å². The third-order valence-corrected chi connectivity index (χ3v) is 4.81. The quantitative estimate of drug-likeness (QED) is 0.759. The van der Waals surface area contributed by atoms with E-state index in [9.17, 15) is 9.59 Å². The van der Waals surface area contributed by atoms with Gasteiger partial charge in [-0.1, -0.05) is 0 Å². The van der Waals surface area contributed by atoms with Gasteiger partial charge in [-0.2, -0.15) is 4.98 Å². The summed E-state index contributed by atoms with van der Waals surface area (Å²) in [6.07, 6.45) is 5.30. The van der Waals surface area contributed by atoms with Crippen LogP contribution in [0.2, 0.25) is 0 Å². The molecule has 152 valence electrons. The number of nitrogens with two attached hydrogens (primary N) is 1. The number of nitrogens with zero attached hydrogens (tertiary/aromatic N) is 4. The van der Waals surface area contributed by atoms with Crippen molar-refractivity contribution in [1.29, 1.82) is 0 Å². The summed E-state index contributed by atoms with van der Waals surface area (Å²) >= 11 is 0. The summed E-state index contributed by atoms with van der Waals surface area (Å²) in [5.74, 6) is 0.260. The minimum absolute atomic E-state index is 0.232. The van der Waals surface area contributed by atoms with Crippen LogP contribution in [0.1, 0.15) is 46.5 Å². The van der Waals surface area contributed by atoms with Crippen LogP contribution in [0.3, 0.4) is 0 Å². The van der Waals surface area contributed by atoms with E-state index >= 15 is 0 Å². The van der Waals surface area contributed by atoms with E-state index in [4.69, 9.17) is 10.5 Å². The van der Waals surface area contributed by atoms with Crippen molar-refractivity contribution in [3.8, 4) is 0 Å². The zero-order valence-electron chi connectivity index (χ0n) is 17.0. The topological polar surface area (TPSA) is 93.7 Å². The number of anilines is 1. The van der Waals surface area contributed by atoms with Gasteiger partial charge in [0.1, 0.15) is 11.4 Å². The highest BCUT2D eigenvalue weighted by atomic mass is 16.6. The highest BCUT2D eigenvalue weighted by molar-refractivity contribution is 5.68. The highest BCUT2D eigenvalue weighted by Crippen LogP contribution is 2.18. The Labute approximate surface area is 161 Å². The van der Waals surface area contributed by atoms with E-state index in [0.29, 0.717) is 6.54 Å². The Kier molecular flexibility index (Phi) is 7.24. The first-order chi connectivity index (χ1) is 12.7. The van der Waals surface area contributed by atoms with Crippen LogP contribution < -0.4 is 11.4 Å². The molecule has 0 spiro atoms. The highest BCUT2D eigenvalue weighted by Gasteiger charge is 2.28. The molecule has 0 bridgehead atoms. The van der Waals surface area contributed by atoms with Gasteiger partial charge in [0.25, 0.3) is 0 Å². The minimum atomic E-state index is -0.464. The van der Waals surface area contributed by atoms with Gasteiger partial charge in [0.2, 0.25) is 0 Å². The summed E-state index contributed by atoms with van der Waals surface area (Å²) < 4.78 is 7.05. The number of rotatable bonds is 6. The average molecular weight is 380 g/mol. The first kappa shape index (κ1) is 21.2. The molecule has 1 aromatic heterocycles. The molecule has 0 aromatic carbocycles. The molecule has 0 radical (unpaired) electrons. The summed E-state index contributed by atoms with van der Waals surface area (Å²) in [6.45, 7) is 9.26. The van der Waals surface area contributed by atoms with Gasteiger partial charge in [0, 0.05) is 38.9 Å². The van der Waals surface area contributed by atoms with Crippen LogP contribution in [0.25, 0.3) is 0 Å². The number of aryl methyl sites for hydroxylation is 1. The Morgan fingerprint density at radius 1 is 1.30 bits per heavy atom. The molecule has 0 unspecified atom stereocenters. The van der Waals surface area contributed by atoms with E-state index in [2.05, 4.69) is 9.88 Å². The van der Waals surface area contributed by atoms with E-state index in [0.717, 1.165) is 45.3 Å². The van der Waals surface area contributed by atoms with Gasteiger partial charge in [-0.25, -0.2) is 9.59 Å². The number of piperidine rings is 1. The van der Waals surface area contributed by atoms with Crippen molar-refractivity contribution in [3.05, 3.63) is 22.7 Å². The van der Waals surface area contributed by atoms with Crippen LogP contribution in [0.4, 0.5) is 10.6 Å². The number of ether oxygens (including phenoxy) is 1. The van der Waals surface area contributed by atoms with Crippen LogP contribution in [-0.4, -0.2) is 63.8 Å². The summed E-state index contributed by atoms with van der Waals surface area (Å²) in [6, 6.07) is 1.88. The smallest absolute Gasteiger partial charge is 0.410 e. The molecule has 1 saturated heterocycles. The summed E-state index contributed by atoms with van der Waals surface area (Å²) in [5, 5.41) is 0. The van der Waals surface area contributed by atoms with Crippen molar-refractivity contribution in [2.45, 2.75) is 64.6 Å². The largest absolute Gasteiger partial charge is 0.444 e. The van der Waals surface area contributed by atoms with Gasteiger partial charge in [-0.05, 0) is 59.1 Å². The monoisotopic (exact) mass is 379 g/mol. The van der Waals surface area contributed by atoms with Crippen molar-refractivity contribution < 1.29 is 9.53 Å². The number of nitrogen functional groups attached to an aromatic ring is 1. The SMILES string of the molecule is CN(C(=O)OC(C)(C)C)C1CCN(CCCCn2ccc(N)nc2=O)CC1. The molecule has 1 amide bonds. The molecule has 8 heteroatoms. The van der Waals surface area contributed by atoms with Gasteiger partial charge in [0.05, 0.1) is 0 Å². The Hall–Kier alpha value is -2.09. The molecule has 0 aliphatic carbocycles. The molecule has 1 aromatic rings. The first-order valence-corrected chi connectivity index (χ1v) is 9.67. The van der Waals surface area contributed by atoms with Crippen molar-refractivity contribution >= 4 is 11.9 Å². The predicted octanol–water partition coefficient (Wildman–Crippen LogP) is 1.94. The Balaban J connectivity index is 1.67. The average Bonchev–Trinajstić information content (AvgIpc) is 2.58. The molecule has 0 atom stereocenters. The molecule has 1 aliphatic rings.